The van der Waals surface area contributed by atoms with E-state index in [1.165, 1.54) is 58.5 Å². The van der Waals surface area contributed by atoms with Crippen LogP contribution in [0.1, 0.15) is 120 Å². The van der Waals surface area contributed by atoms with Gasteiger partial charge in [-0.05, 0) is 144 Å². The molecule has 0 bridgehead atoms. The zero-order chi connectivity index (χ0) is 36.5. The molecule has 5 aliphatic carbocycles. The van der Waals surface area contributed by atoms with Crippen LogP contribution < -0.4 is 0 Å². The van der Waals surface area contributed by atoms with Crippen LogP contribution >= 0.6 is 0 Å². The van der Waals surface area contributed by atoms with Crippen molar-refractivity contribution in [1.29, 1.82) is 0 Å². The number of carbonyl (C=O) groups is 1. The molecule has 8 aliphatic rings. The molecule has 14 atom stereocenters. The Hall–Kier alpha value is -0.810. The molecule has 2 N–H and O–H groups in total. The van der Waals surface area contributed by atoms with Crippen molar-refractivity contribution in [1.82, 2.24) is 9.80 Å². The topological polar surface area (TPSA) is 101 Å². The van der Waals surface area contributed by atoms with Crippen molar-refractivity contribution in [2.45, 2.75) is 168 Å². The second-order valence-electron chi connectivity index (χ2n) is 20.7. The first-order valence-electron chi connectivity index (χ1n) is 20.8. The third kappa shape index (κ3) is 5.34. The lowest BCUT2D eigenvalue weighted by Gasteiger charge is -2.64. The molecule has 0 aromatic carbocycles. The molecule has 290 valence electrons. The molecule has 3 heterocycles. The van der Waals surface area contributed by atoms with Gasteiger partial charge >= 0.3 is 5.97 Å². The number of rotatable bonds is 6. The maximum atomic E-state index is 12.6. The standard InChI is InChI=1S/C42H70N2O7/c1-25-22-28(36(38(5,6)47)49-26(2)45)50-34-33(25)39(7)16-17-42-24-41(42)15-12-31(37(3,4)29(41)10-11-30(42)40(39,8)35(34)46)51-32-23-44(20-21-48-32)27-13-18-43(9)19-14-27/h25,27-36,46-47H,10-24H2,1-9H3/t25-,28-,29+,30+,31+,32+,33+,34+,35+,36+,39-,40-,41-,42+/m1/s1. The van der Waals surface area contributed by atoms with Crippen LogP contribution in [0.2, 0.25) is 0 Å². The maximum absolute atomic E-state index is 12.6. The number of esters is 1. The number of piperidine rings is 1. The lowest BCUT2D eigenvalue weighted by atomic mass is 9.41. The van der Waals surface area contributed by atoms with Crippen LogP contribution in [0, 0.1) is 50.7 Å². The predicted molar refractivity (Wildman–Crippen MR) is 195 cm³/mol. The molecule has 0 aromatic rings. The average molecular weight is 715 g/mol. The van der Waals surface area contributed by atoms with Gasteiger partial charge in [0.05, 0.1) is 36.6 Å². The summed E-state index contributed by atoms with van der Waals surface area (Å²) in [5.41, 5.74) is -0.920. The van der Waals surface area contributed by atoms with Gasteiger partial charge in [-0.3, -0.25) is 9.69 Å². The van der Waals surface area contributed by atoms with E-state index in [0.29, 0.717) is 29.7 Å². The van der Waals surface area contributed by atoms with Crippen molar-refractivity contribution in [3.05, 3.63) is 0 Å². The number of aliphatic hydroxyl groups excluding tert-OH is 1. The third-order valence-electron chi connectivity index (χ3n) is 17.7. The molecule has 2 spiro atoms. The van der Waals surface area contributed by atoms with Gasteiger partial charge in [-0.25, -0.2) is 0 Å². The van der Waals surface area contributed by atoms with Crippen LogP contribution in [0.15, 0.2) is 0 Å². The predicted octanol–water partition coefficient (Wildman–Crippen LogP) is 5.64. The Morgan fingerprint density at radius 2 is 1.65 bits per heavy atom. The van der Waals surface area contributed by atoms with Gasteiger partial charge < -0.3 is 34.1 Å². The SMILES string of the molecule is CC(=O)O[C@@H]([C@H]1C[C@@H](C)[C@H]2[C@H](O1)[C@H](O)[C@@]1(C)[C@@H]3CC[C@H]4C(C)(C)[C@@H](O[C@H]5CN(C6CCN(C)CC6)CCO5)CC[C@@]45C[C@@]35CC[C@]21C)C(C)(C)O. The summed E-state index contributed by atoms with van der Waals surface area (Å²) in [6.45, 7) is 22.0. The number of hydrogen-bond acceptors (Lipinski definition) is 9. The van der Waals surface area contributed by atoms with Crippen molar-refractivity contribution in [3.63, 3.8) is 0 Å². The number of carbonyl (C=O) groups excluding carboxylic acids is 1. The summed E-state index contributed by atoms with van der Waals surface area (Å²) in [5, 5.41) is 23.7. The molecular weight excluding hydrogens is 644 g/mol. The first-order valence-corrected chi connectivity index (χ1v) is 20.8. The Balaban J connectivity index is 0.999. The number of nitrogens with zero attached hydrogens (tertiary/aromatic N) is 2. The van der Waals surface area contributed by atoms with E-state index in [2.05, 4.69) is 51.5 Å². The molecule has 8 rings (SSSR count). The molecule has 0 amide bonds. The van der Waals surface area contributed by atoms with E-state index in [9.17, 15) is 15.0 Å². The van der Waals surface area contributed by atoms with E-state index in [-0.39, 0.29) is 52.0 Å². The molecule has 8 fully saturated rings. The summed E-state index contributed by atoms with van der Waals surface area (Å²) in [4.78, 5) is 17.2. The summed E-state index contributed by atoms with van der Waals surface area (Å²) in [6.07, 6.45) is 9.35. The van der Waals surface area contributed by atoms with Gasteiger partial charge in [0.25, 0.3) is 0 Å². The van der Waals surface area contributed by atoms with E-state index < -0.39 is 29.9 Å². The summed E-state index contributed by atoms with van der Waals surface area (Å²) >= 11 is 0. The van der Waals surface area contributed by atoms with Crippen LogP contribution in [0.25, 0.3) is 0 Å². The van der Waals surface area contributed by atoms with Crippen molar-refractivity contribution in [2.75, 3.05) is 39.8 Å². The summed E-state index contributed by atoms with van der Waals surface area (Å²) in [6, 6.07) is 0.643. The van der Waals surface area contributed by atoms with Crippen molar-refractivity contribution >= 4 is 5.97 Å². The minimum absolute atomic E-state index is 0.0482. The molecule has 51 heavy (non-hydrogen) atoms. The van der Waals surface area contributed by atoms with E-state index in [0.717, 1.165) is 39.0 Å². The minimum Gasteiger partial charge on any atom is -0.457 e. The molecular formula is C42H70N2O7. The van der Waals surface area contributed by atoms with E-state index >= 15 is 0 Å². The molecule has 0 aromatic heterocycles. The average Bonchev–Trinajstić information content (AvgIpc) is 3.69. The highest BCUT2D eigenvalue weighted by molar-refractivity contribution is 5.66. The largest absolute Gasteiger partial charge is 0.457 e. The summed E-state index contributed by atoms with van der Waals surface area (Å²) < 4.78 is 26.0. The van der Waals surface area contributed by atoms with Crippen molar-refractivity contribution in [2.24, 2.45) is 50.7 Å². The van der Waals surface area contributed by atoms with Gasteiger partial charge in [0.1, 0.15) is 0 Å². The molecule has 0 unspecified atom stereocenters. The molecule has 9 nitrogen and oxygen atoms in total. The van der Waals surface area contributed by atoms with Crippen LogP contribution in [0.3, 0.4) is 0 Å². The van der Waals surface area contributed by atoms with Crippen LogP contribution in [0.4, 0.5) is 0 Å². The molecule has 9 heteroatoms. The van der Waals surface area contributed by atoms with Gasteiger partial charge in [-0.15, -0.1) is 0 Å². The molecule has 3 saturated heterocycles. The highest BCUT2D eigenvalue weighted by Gasteiger charge is 2.84. The fourth-order valence-electron chi connectivity index (χ4n) is 15.2. The second kappa shape index (κ2) is 12.3. The van der Waals surface area contributed by atoms with Gasteiger partial charge in [-0.1, -0.05) is 34.6 Å². The Bertz CT molecular complexity index is 1340. The first kappa shape index (κ1) is 37.1. The number of hydrogen-bond donors (Lipinski definition) is 2. The quantitative estimate of drug-likeness (QED) is 0.339. The van der Waals surface area contributed by atoms with E-state index in [1.807, 2.05) is 0 Å². The Labute approximate surface area is 307 Å². The summed E-state index contributed by atoms with van der Waals surface area (Å²) in [7, 11) is 2.24. The maximum Gasteiger partial charge on any atom is 0.303 e. The smallest absolute Gasteiger partial charge is 0.303 e. The Kier molecular flexibility index (Phi) is 8.99. The highest BCUT2D eigenvalue weighted by atomic mass is 16.7. The zero-order valence-electron chi connectivity index (χ0n) is 33.3. The number of morpholine rings is 1. The van der Waals surface area contributed by atoms with Gasteiger partial charge in [0.2, 0.25) is 0 Å². The van der Waals surface area contributed by atoms with Crippen molar-refractivity contribution < 1.29 is 34.0 Å². The summed E-state index contributed by atoms with van der Waals surface area (Å²) in [5.74, 6) is 1.15. The Morgan fingerprint density at radius 1 is 0.961 bits per heavy atom. The molecule has 0 radical (unpaired) electrons. The monoisotopic (exact) mass is 715 g/mol. The molecule has 5 saturated carbocycles. The van der Waals surface area contributed by atoms with Crippen LogP contribution in [0.5, 0.6) is 0 Å². The van der Waals surface area contributed by atoms with Gasteiger partial charge in [0, 0.05) is 31.5 Å². The lowest BCUT2D eigenvalue weighted by Crippen LogP contribution is -2.60. The Morgan fingerprint density at radius 3 is 2.33 bits per heavy atom. The highest BCUT2D eigenvalue weighted by Crippen LogP contribution is 2.89. The third-order valence-corrected chi connectivity index (χ3v) is 17.7. The molecule has 3 aliphatic heterocycles. The number of aliphatic hydroxyl groups is 2. The van der Waals surface area contributed by atoms with E-state index in [1.54, 1.807) is 13.8 Å². The fraction of sp³-hybridized carbons (Fsp3) is 0.976. The first-order chi connectivity index (χ1) is 23.9. The number of ether oxygens (including phenoxy) is 4. The number of likely N-dealkylation sites (tertiary alicyclic amines) is 1. The fourth-order valence-corrected chi connectivity index (χ4v) is 15.2. The van der Waals surface area contributed by atoms with Gasteiger partial charge in [0.15, 0.2) is 12.4 Å². The lowest BCUT2D eigenvalue weighted by molar-refractivity contribution is -0.251. The van der Waals surface area contributed by atoms with Crippen LogP contribution in [-0.2, 0) is 23.7 Å². The second-order valence-corrected chi connectivity index (χ2v) is 20.7. The number of fused-ring (bicyclic) bond motifs is 4. The van der Waals surface area contributed by atoms with Crippen molar-refractivity contribution in [3.8, 4) is 0 Å². The van der Waals surface area contributed by atoms with Gasteiger partial charge in [-0.2, -0.15) is 0 Å². The van der Waals surface area contributed by atoms with Crippen LogP contribution in [-0.4, -0.2) is 114 Å². The van der Waals surface area contributed by atoms with E-state index in [4.69, 9.17) is 18.9 Å². The zero-order valence-corrected chi connectivity index (χ0v) is 33.3. The minimum atomic E-state index is -1.25. The normalized spacial score (nSPS) is 50.6.